The molecule has 1 aromatic carbocycles. The second-order valence-electron chi connectivity index (χ2n) is 4.03. The van der Waals surface area contributed by atoms with E-state index in [2.05, 4.69) is 28.9 Å². The van der Waals surface area contributed by atoms with Crippen LogP contribution in [0.3, 0.4) is 0 Å². The van der Waals surface area contributed by atoms with Gasteiger partial charge in [0.15, 0.2) is 5.13 Å². The summed E-state index contributed by atoms with van der Waals surface area (Å²) in [6.45, 7) is 5.66. The summed E-state index contributed by atoms with van der Waals surface area (Å²) in [6, 6.07) is 10.4. The molecule has 2 rings (SSSR count). The van der Waals surface area contributed by atoms with E-state index in [4.69, 9.17) is 5.26 Å². The van der Waals surface area contributed by atoms with Crippen LogP contribution in [0.15, 0.2) is 24.3 Å². The molecule has 1 heterocycles. The Balaban J connectivity index is 2.27. The summed E-state index contributed by atoms with van der Waals surface area (Å²) in [7, 11) is 0. The van der Waals surface area contributed by atoms with Gasteiger partial charge in [-0.25, -0.2) is 4.98 Å². The molecule has 0 aliphatic rings. The van der Waals surface area contributed by atoms with Gasteiger partial charge in [0.2, 0.25) is 0 Å². The molecule has 0 aliphatic carbocycles. The van der Waals surface area contributed by atoms with Gasteiger partial charge in [-0.1, -0.05) is 23.5 Å². The molecule has 0 radical (unpaired) electrons. The quantitative estimate of drug-likeness (QED) is 0.830. The number of para-hydroxylation sites is 1. The van der Waals surface area contributed by atoms with Crippen molar-refractivity contribution in [3.63, 3.8) is 0 Å². The number of nitriles is 1. The molecule has 1 unspecified atom stereocenters. The van der Waals surface area contributed by atoms with Crippen LogP contribution < -0.4 is 4.90 Å². The maximum absolute atomic E-state index is 8.87. The first-order valence-corrected chi connectivity index (χ1v) is 6.56. The van der Waals surface area contributed by atoms with Gasteiger partial charge in [-0.2, -0.15) is 5.26 Å². The first-order chi connectivity index (χ1) is 8.24. The third-order valence-corrected chi connectivity index (χ3v) is 3.75. The molecule has 4 heteroatoms. The maximum atomic E-state index is 8.87. The lowest BCUT2D eigenvalue weighted by Gasteiger charge is -2.20. The normalized spacial score (nSPS) is 12.3. The molecule has 0 saturated carbocycles. The second-order valence-corrected chi connectivity index (χ2v) is 5.04. The molecular weight excluding hydrogens is 230 g/mol. The van der Waals surface area contributed by atoms with Crippen molar-refractivity contribution in [2.75, 3.05) is 18.0 Å². The van der Waals surface area contributed by atoms with Crippen LogP contribution in [0.4, 0.5) is 5.13 Å². The lowest BCUT2D eigenvalue weighted by molar-refractivity contribution is 0.685. The average Bonchev–Trinajstić information content (AvgIpc) is 2.78. The minimum atomic E-state index is 0.0296. The maximum Gasteiger partial charge on any atom is 0.186 e. The van der Waals surface area contributed by atoms with Gasteiger partial charge in [0.1, 0.15) is 0 Å². The first-order valence-electron chi connectivity index (χ1n) is 5.74. The molecular formula is C13H15N3S. The second kappa shape index (κ2) is 5.15. The molecule has 0 saturated heterocycles. The minimum absolute atomic E-state index is 0.0296. The summed E-state index contributed by atoms with van der Waals surface area (Å²) in [5.41, 5.74) is 1.04. The Labute approximate surface area is 105 Å². The van der Waals surface area contributed by atoms with Crippen molar-refractivity contribution in [1.29, 1.82) is 5.26 Å². The Hall–Kier alpha value is -1.60. The number of nitrogens with zero attached hydrogens (tertiary/aromatic N) is 3. The van der Waals surface area contributed by atoms with Gasteiger partial charge >= 0.3 is 0 Å². The Kier molecular flexibility index (Phi) is 3.60. The number of anilines is 1. The van der Waals surface area contributed by atoms with Gasteiger partial charge in [-0.05, 0) is 26.0 Å². The molecule has 0 bridgehead atoms. The summed E-state index contributed by atoms with van der Waals surface area (Å²) in [4.78, 5) is 6.77. The van der Waals surface area contributed by atoms with E-state index in [1.165, 1.54) is 4.70 Å². The average molecular weight is 245 g/mol. The van der Waals surface area contributed by atoms with Gasteiger partial charge in [-0.15, -0.1) is 0 Å². The van der Waals surface area contributed by atoms with Crippen LogP contribution in [0.2, 0.25) is 0 Å². The van der Waals surface area contributed by atoms with Crippen LogP contribution in [-0.4, -0.2) is 18.1 Å². The molecule has 0 amide bonds. The van der Waals surface area contributed by atoms with Crippen molar-refractivity contribution in [2.24, 2.45) is 5.92 Å². The van der Waals surface area contributed by atoms with Gasteiger partial charge in [0.25, 0.3) is 0 Å². The molecule has 2 aromatic rings. The topological polar surface area (TPSA) is 39.9 Å². The van der Waals surface area contributed by atoms with Crippen LogP contribution >= 0.6 is 11.3 Å². The smallest absolute Gasteiger partial charge is 0.186 e. The zero-order chi connectivity index (χ0) is 12.3. The first kappa shape index (κ1) is 11.9. The van der Waals surface area contributed by atoms with Crippen molar-refractivity contribution in [1.82, 2.24) is 4.98 Å². The van der Waals surface area contributed by atoms with Gasteiger partial charge in [0.05, 0.1) is 22.2 Å². The number of aromatic nitrogens is 1. The highest BCUT2D eigenvalue weighted by Crippen LogP contribution is 2.28. The highest BCUT2D eigenvalue weighted by atomic mass is 32.1. The van der Waals surface area contributed by atoms with Gasteiger partial charge in [0, 0.05) is 13.1 Å². The fourth-order valence-corrected chi connectivity index (χ4v) is 2.75. The van der Waals surface area contributed by atoms with E-state index in [-0.39, 0.29) is 5.92 Å². The predicted octanol–water partition coefficient (Wildman–Crippen LogP) is 3.28. The SMILES string of the molecule is CCN(CC(C)C#N)c1nc2ccccc2s1. The van der Waals surface area contributed by atoms with Crippen molar-refractivity contribution >= 4 is 26.7 Å². The summed E-state index contributed by atoms with van der Waals surface area (Å²) < 4.78 is 1.20. The molecule has 0 aliphatic heterocycles. The summed E-state index contributed by atoms with van der Waals surface area (Å²) in [5, 5.41) is 9.88. The molecule has 1 atom stereocenters. The van der Waals surface area contributed by atoms with E-state index in [0.29, 0.717) is 0 Å². The molecule has 0 N–H and O–H groups in total. The number of hydrogen-bond donors (Lipinski definition) is 0. The molecule has 17 heavy (non-hydrogen) atoms. The third kappa shape index (κ3) is 2.56. The van der Waals surface area contributed by atoms with E-state index >= 15 is 0 Å². The molecule has 88 valence electrons. The molecule has 3 nitrogen and oxygen atoms in total. The zero-order valence-electron chi connectivity index (χ0n) is 10.1. The number of thiazole rings is 1. The molecule has 0 fully saturated rings. The zero-order valence-corrected chi connectivity index (χ0v) is 10.9. The number of benzene rings is 1. The fourth-order valence-electron chi connectivity index (χ4n) is 1.71. The summed E-state index contributed by atoms with van der Waals surface area (Å²) in [6.07, 6.45) is 0. The Morgan fingerprint density at radius 1 is 1.47 bits per heavy atom. The number of fused-ring (bicyclic) bond motifs is 1. The Morgan fingerprint density at radius 3 is 2.88 bits per heavy atom. The van der Waals surface area contributed by atoms with E-state index in [1.807, 2.05) is 25.1 Å². The molecule has 0 spiro atoms. The summed E-state index contributed by atoms with van der Waals surface area (Å²) >= 11 is 1.69. The highest BCUT2D eigenvalue weighted by Gasteiger charge is 2.13. The van der Waals surface area contributed by atoms with Gasteiger partial charge in [-0.3, -0.25) is 0 Å². The largest absolute Gasteiger partial charge is 0.347 e. The molecule has 1 aromatic heterocycles. The third-order valence-electron chi connectivity index (χ3n) is 2.65. The van der Waals surface area contributed by atoms with Crippen molar-refractivity contribution in [3.05, 3.63) is 24.3 Å². The van der Waals surface area contributed by atoms with Crippen molar-refractivity contribution in [3.8, 4) is 6.07 Å². The van der Waals surface area contributed by atoms with Crippen LogP contribution in [0.1, 0.15) is 13.8 Å². The number of rotatable bonds is 4. The van der Waals surface area contributed by atoms with E-state index < -0.39 is 0 Å². The minimum Gasteiger partial charge on any atom is -0.347 e. The summed E-state index contributed by atoms with van der Waals surface area (Å²) in [5.74, 6) is 0.0296. The predicted molar refractivity (Wildman–Crippen MR) is 72.3 cm³/mol. The van der Waals surface area contributed by atoms with Crippen molar-refractivity contribution < 1.29 is 0 Å². The van der Waals surface area contributed by atoms with Crippen LogP contribution in [0.25, 0.3) is 10.2 Å². The number of hydrogen-bond acceptors (Lipinski definition) is 4. The lowest BCUT2D eigenvalue weighted by Crippen LogP contribution is -2.27. The van der Waals surface area contributed by atoms with Gasteiger partial charge < -0.3 is 4.90 Å². The Bertz CT molecular complexity index is 508. The van der Waals surface area contributed by atoms with Crippen LogP contribution in [0, 0.1) is 17.2 Å². The van der Waals surface area contributed by atoms with E-state index in [0.717, 1.165) is 23.7 Å². The lowest BCUT2D eigenvalue weighted by atomic mass is 10.2. The van der Waals surface area contributed by atoms with Crippen LogP contribution in [-0.2, 0) is 0 Å². The highest BCUT2D eigenvalue weighted by molar-refractivity contribution is 7.22. The monoisotopic (exact) mass is 245 g/mol. The standard InChI is InChI=1S/C13H15N3S/c1-3-16(9-10(2)8-14)13-15-11-6-4-5-7-12(11)17-13/h4-7,10H,3,9H2,1-2H3. The van der Waals surface area contributed by atoms with Crippen molar-refractivity contribution in [2.45, 2.75) is 13.8 Å². The van der Waals surface area contributed by atoms with Crippen LogP contribution in [0.5, 0.6) is 0 Å². The fraction of sp³-hybridized carbons (Fsp3) is 0.385. The Morgan fingerprint density at radius 2 is 2.24 bits per heavy atom. The van der Waals surface area contributed by atoms with E-state index in [1.54, 1.807) is 11.3 Å². The van der Waals surface area contributed by atoms with E-state index in [9.17, 15) is 0 Å².